The molecule has 0 aromatic heterocycles. The molecule has 6 heteroatoms. The predicted molar refractivity (Wildman–Crippen MR) is 100 cm³/mol. The van der Waals surface area contributed by atoms with Crippen LogP contribution in [-0.2, 0) is 9.47 Å². The van der Waals surface area contributed by atoms with Gasteiger partial charge in [-0.2, -0.15) is 0 Å². The number of carbonyl (C=O) groups is 2. The molecule has 0 saturated heterocycles. The summed E-state index contributed by atoms with van der Waals surface area (Å²) in [5.41, 5.74) is 0.728. The summed E-state index contributed by atoms with van der Waals surface area (Å²) in [6, 6.07) is 13.1. The molecule has 0 spiro atoms. The lowest BCUT2D eigenvalue weighted by molar-refractivity contribution is 0.0388. The van der Waals surface area contributed by atoms with Crippen LogP contribution in [0.25, 0.3) is 0 Å². The lowest BCUT2D eigenvalue weighted by Crippen LogP contribution is -2.12. The van der Waals surface area contributed by atoms with Gasteiger partial charge in [-0.25, -0.2) is 9.59 Å². The van der Waals surface area contributed by atoms with Gasteiger partial charge in [-0.05, 0) is 42.8 Å². The number of benzene rings is 2. The molecule has 0 bridgehead atoms. The van der Waals surface area contributed by atoms with Gasteiger partial charge in [0, 0.05) is 7.11 Å². The van der Waals surface area contributed by atoms with E-state index in [-0.39, 0.29) is 6.61 Å². The van der Waals surface area contributed by atoms with Crippen molar-refractivity contribution in [1.82, 2.24) is 0 Å². The van der Waals surface area contributed by atoms with Crippen molar-refractivity contribution in [3.63, 3.8) is 0 Å². The van der Waals surface area contributed by atoms with Crippen LogP contribution in [0.5, 0.6) is 11.5 Å². The van der Waals surface area contributed by atoms with Crippen molar-refractivity contribution in [2.24, 2.45) is 0 Å². The van der Waals surface area contributed by atoms with Crippen molar-refractivity contribution < 1.29 is 28.5 Å². The molecule has 0 amide bonds. The summed E-state index contributed by atoms with van der Waals surface area (Å²) < 4.78 is 20.9. The van der Waals surface area contributed by atoms with E-state index in [0.717, 1.165) is 12.8 Å². The van der Waals surface area contributed by atoms with E-state index in [1.54, 1.807) is 42.5 Å². The van der Waals surface area contributed by atoms with E-state index in [4.69, 9.17) is 18.9 Å². The number of para-hydroxylation sites is 1. The normalized spacial score (nSPS) is 10.3. The van der Waals surface area contributed by atoms with Gasteiger partial charge in [0.2, 0.25) is 0 Å². The van der Waals surface area contributed by atoms with E-state index in [1.165, 1.54) is 7.11 Å². The Hall–Kier alpha value is -2.86. The first-order valence-electron chi connectivity index (χ1n) is 8.85. The van der Waals surface area contributed by atoms with E-state index in [9.17, 15) is 9.59 Å². The topological polar surface area (TPSA) is 71.1 Å². The Morgan fingerprint density at radius 2 is 1.63 bits per heavy atom. The summed E-state index contributed by atoms with van der Waals surface area (Å²) in [7, 11) is 1.53. The van der Waals surface area contributed by atoms with Crippen molar-refractivity contribution in [1.29, 1.82) is 0 Å². The Kier molecular flexibility index (Phi) is 8.32. The molecule has 0 heterocycles. The Bertz CT molecular complexity index is 739. The number of rotatable bonds is 10. The van der Waals surface area contributed by atoms with E-state index < -0.39 is 11.9 Å². The first-order chi connectivity index (χ1) is 13.2. The summed E-state index contributed by atoms with van der Waals surface area (Å²) in [4.78, 5) is 24.3. The molecule has 0 unspecified atom stereocenters. The average Bonchev–Trinajstić information content (AvgIpc) is 2.69. The Morgan fingerprint density at radius 1 is 0.889 bits per heavy atom. The van der Waals surface area contributed by atoms with Crippen molar-refractivity contribution in [3.05, 3.63) is 59.7 Å². The van der Waals surface area contributed by atoms with Crippen molar-refractivity contribution >= 4 is 11.9 Å². The zero-order valence-electron chi connectivity index (χ0n) is 15.6. The number of unbranched alkanes of at least 4 members (excludes halogenated alkanes) is 1. The van der Waals surface area contributed by atoms with Gasteiger partial charge in [0.05, 0.1) is 18.8 Å². The summed E-state index contributed by atoms with van der Waals surface area (Å²) >= 11 is 0. The van der Waals surface area contributed by atoms with Crippen LogP contribution in [0.4, 0.5) is 0 Å². The van der Waals surface area contributed by atoms with Gasteiger partial charge in [-0.3, -0.25) is 0 Å². The summed E-state index contributed by atoms with van der Waals surface area (Å²) in [5, 5.41) is 0. The van der Waals surface area contributed by atoms with Crippen LogP contribution < -0.4 is 9.47 Å². The smallest absolute Gasteiger partial charge is 0.347 e. The maximum absolute atomic E-state index is 12.5. The monoisotopic (exact) mass is 372 g/mol. The third-order valence-corrected chi connectivity index (χ3v) is 3.68. The molecule has 0 aliphatic carbocycles. The van der Waals surface area contributed by atoms with Gasteiger partial charge in [0.15, 0.2) is 0 Å². The second-order valence-corrected chi connectivity index (χ2v) is 5.74. The molecule has 0 fully saturated rings. The summed E-state index contributed by atoms with van der Waals surface area (Å²) in [6.07, 6.45) is 1.91. The molecule has 0 aliphatic rings. The van der Waals surface area contributed by atoms with Gasteiger partial charge < -0.3 is 18.9 Å². The third-order valence-electron chi connectivity index (χ3n) is 3.68. The van der Waals surface area contributed by atoms with Gasteiger partial charge in [0.25, 0.3) is 0 Å². The molecule has 0 saturated carbocycles. The molecule has 144 valence electrons. The lowest BCUT2D eigenvalue weighted by atomic mass is 10.2. The minimum atomic E-state index is -0.516. The van der Waals surface area contributed by atoms with Crippen molar-refractivity contribution in [2.45, 2.75) is 19.8 Å². The minimum Gasteiger partial charge on any atom is -0.493 e. The number of ether oxygens (including phenoxy) is 4. The fraction of sp³-hybridized carbons (Fsp3) is 0.333. The summed E-state index contributed by atoms with van der Waals surface area (Å²) in [6.45, 7) is 3.13. The Morgan fingerprint density at radius 3 is 2.33 bits per heavy atom. The van der Waals surface area contributed by atoms with E-state index in [1.807, 2.05) is 6.07 Å². The quantitative estimate of drug-likeness (QED) is 0.358. The standard InChI is InChI=1S/C21H24O6/c1-3-4-13-25-19-8-6-5-7-18(19)21(23)27-17-11-9-16(10-12-17)20(22)26-15-14-24-2/h5-12H,3-4,13-15H2,1-2H3. The second kappa shape index (κ2) is 11.0. The third kappa shape index (κ3) is 6.42. The number of methoxy groups -OCH3 is 1. The van der Waals surface area contributed by atoms with Crippen LogP contribution >= 0.6 is 0 Å². The highest BCUT2D eigenvalue weighted by molar-refractivity contribution is 5.94. The molecule has 2 aromatic carbocycles. The maximum Gasteiger partial charge on any atom is 0.347 e. The fourth-order valence-electron chi connectivity index (χ4n) is 2.21. The molecule has 2 rings (SSSR count). The average molecular weight is 372 g/mol. The van der Waals surface area contributed by atoms with Crippen molar-refractivity contribution in [3.8, 4) is 11.5 Å². The minimum absolute atomic E-state index is 0.181. The lowest BCUT2D eigenvalue weighted by Gasteiger charge is -2.11. The largest absolute Gasteiger partial charge is 0.493 e. The number of hydrogen-bond donors (Lipinski definition) is 0. The van der Waals surface area contributed by atoms with Gasteiger partial charge >= 0.3 is 11.9 Å². The highest BCUT2D eigenvalue weighted by Crippen LogP contribution is 2.21. The maximum atomic E-state index is 12.5. The van der Waals surface area contributed by atoms with E-state index >= 15 is 0 Å². The number of hydrogen-bond acceptors (Lipinski definition) is 6. The Labute approximate surface area is 159 Å². The predicted octanol–water partition coefficient (Wildman–Crippen LogP) is 3.89. The van der Waals surface area contributed by atoms with Crippen LogP contribution in [0.1, 0.15) is 40.5 Å². The highest BCUT2D eigenvalue weighted by Gasteiger charge is 2.15. The van der Waals surface area contributed by atoms with E-state index in [0.29, 0.717) is 35.8 Å². The van der Waals surface area contributed by atoms with Crippen LogP contribution in [0.2, 0.25) is 0 Å². The molecule has 0 aliphatic heterocycles. The molecule has 27 heavy (non-hydrogen) atoms. The molecule has 6 nitrogen and oxygen atoms in total. The highest BCUT2D eigenvalue weighted by atomic mass is 16.6. The van der Waals surface area contributed by atoms with Crippen LogP contribution in [0.15, 0.2) is 48.5 Å². The molecular formula is C21H24O6. The second-order valence-electron chi connectivity index (χ2n) is 5.74. The van der Waals surface area contributed by atoms with Gasteiger partial charge in [0.1, 0.15) is 23.7 Å². The first-order valence-corrected chi connectivity index (χ1v) is 8.85. The zero-order chi connectivity index (χ0) is 19.5. The van der Waals surface area contributed by atoms with Crippen LogP contribution in [0, 0.1) is 0 Å². The molecular weight excluding hydrogens is 348 g/mol. The molecule has 2 aromatic rings. The van der Waals surface area contributed by atoms with Gasteiger partial charge in [-0.15, -0.1) is 0 Å². The summed E-state index contributed by atoms with van der Waals surface area (Å²) in [5.74, 6) is -0.150. The zero-order valence-corrected chi connectivity index (χ0v) is 15.6. The molecule has 0 atom stereocenters. The number of esters is 2. The van der Waals surface area contributed by atoms with Gasteiger partial charge in [-0.1, -0.05) is 25.5 Å². The Balaban J connectivity index is 1.99. The fourth-order valence-corrected chi connectivity index (χ4v) is 2.21. The number of carbonyl (C=O) groups excluding carboxylic acids is 2. The first kappa shape index (κ1) is 20.5. The SMILES string of the molecule is CCCCOc1ccccc1C(=O)Oc1ccc(C(=O)OCCOC)cc1. The molecule has 0 radical (unpaired) electrons. The van der Waals surface area contributed by atoms with Crippen LogP contribution in [-0.4, -0.2) is 38.9 Å². The van der Waals surface area contributed by atoms with Crippen LogP contribution in [0.3, 0.4) is 0 Å². The van der Waals surface area contributed by atoms with Crippen molar-refractivity contribution in [2.75, 3.05) is 26.9 Å². The van der Waals surface area contributed by atoms with E-state index in [2.05, 4.69) is 6.92 Å². The molecule has 0 N–H and O–H groups in total.